The van der Waals surface area contributed by atoms with Gasteiger partial charge in [0.15, 0.2) is 0 Å². The first-order chi connectivity index (χ1) is 13.0. The smallest absolute Gasteiger partial charge is 0.240 e. The van der Waals surface area contributed by atoms with E-state index < -0.39 is 10.0 Å². The van der Waals surface area contributed by atoms with E-state index in [1.165, 1.54) is 37.0 Å². The topological polar surface area (TPSA) is 73.2 Å². The van der Waals surface area contributed by atoms with E-state index in [2.05, 4.69) is 35.0 Å². The molecule has 2 aliphatic rings. The van der Waals surface area contributed by atoms with Gasteiger partial charge in [-0.15, -0.1) is 0 Å². The van der Waals surface area contributed by atoms with Crippen molar-refractivity contribution < 1.29 is 8.42 Å². The van der Waals surface area contributed by atoms with Crippen molar-refractivity contribution in [2.75, 3.05) is 20.1 Å². The molecule has 144 valence electrons. The number of hydrogen-bond acceptors (Lipinski definition) is 4. The second-order valence-corrected chi connectivity index (χ2v) is 9.22. The average Bonchev–Trinajstić information content (AvgIpc) is 2.68. The lowest BCUT2D eigenvalue weighted by molar-refractivity contribution is 0.257. The zero-order valence-electron chi connectivity index (χ0n) is 15.8. The SMILES string of the molecule is CN1C=C([C@@H]2CCCC[C@H]2CCNS(=O)(=O)c2cccc(C#N)c2)C=CC1. The molecule has 2 atom stereocenters. The van der Waals surface area contributed by atoms with Crippen molar-refractivity contribution in [2.45, 2.75) is 37.0 Å². The molecule has 0 spiro atoms. The number of likely N-dealkylation sites (N-methyl/N-ethyl adjacent to an activating group) is 1. The molecule has 1 heterocycles. The normalized spacial score (nSPS) is 23.0. The van der Waals surface area contributed by atoms with E-state index in [-0.39, 0.29) is 4.90 Å². The first-order valence-electron chi connectivity index (χ1n) is 9.58. The number of hydrogen-bond donors (Lipinski definition) is 1. The summed E-state index contributed by atoms with van der Waals surface area (Å²) in [6.45, 7) is 1.37. The molecule has 0 saturated heterocycles. The first-order valence-corrected chi connectivity index (χ1v) is 11.1. The lowest BCUT2D eigenvalue weighted by atomic mass is 9.73. The molecule has 27 heavy (non-hydrogen) atoms. The molecule has 6 heteroatoms. The second kappa shape index (κ2) is 8.73. The van der Waals surface area contributed by atoms with Crippen LogP contribution >= 0.6 is 0 Å². The third-order valence-corrected chi connectivity index (χ3v) is 6.95. The standard InChI is InChI=1S/C21H27N3O2S/c1-24-13-5-8-19(16-24)21-10-3-2-7-18(21)11-12-23-27(25,26)20-9-4-6-17(14-20)15-22/h4-6,8-9,14,16,18,21,23H,2-3,7,10-13H2,1H3/t18-,21+/m0/s1. The minimum absolute atomic E-state index is 0.154. The summed E-state index contributed by atoms with van der Waals surface area (Å²) < 4.78 is 27.8. The van der Waals surface area contributed by atoms with Crippen molar-refractivity contribution in [3.8, 4) is 6.07 Å². The van der Waals surface area contributed by atoms with Gasteiger partial charge >= 0.3 is 0 Å². The molecule has 0 unspecified atom stereocenters. The van der Waals surface area contributed by atoms with Crippen LogP contribution in [0.4, 0.5) is 0 Å². The quantitative estimate of drug-likeness (QED) is 0.814. The van der Waals surface area contributed by atoms with Gasteiger partial charge in [0.2, 0.25) is 10.0 Å². The van der Waals surface area contributed by atoms with Gasteiger partial charge in [0.05, 0.1) is 16.5 Å². The zero-order valence-corrected chi connectivity index (χ0v) is 16.6. The summed E-state index contributed by atoms with van der Waals surface area (Å²) in [6, 6.07) is 8.13. The van der Waals surface area contributed by atoms with Crippen molar-refractivity contribution >= 4 is 10.0 Å². The highest BCUT2D eigenvalue weighted by atomic mass is 32.2. The molecule has 1 aromatic carbocycles. The van der Waals surface area contributed by atoms with Crippen LogP contribution in [-0.4, -0.2) is 33.5 Å². The molecule has 1 saturated carbocycles. The fraction of sp³-hybridized carbons (Fsp3) is 0.476. The molecule has 0 aromatic heterocycles. The maximum atomic E-state index is 12.5. The number of nitrogens with one attached hydrogen (secondary N) is 1. The molecular weight excluding hydrogens is 358 g/mol. The van der Waals surface area contributed by atoms with E-state index >= 15 is 0 Å². The van der Waals surface area contributed by atoms with E-state index in [4.69, 9.17) is 5.26 Å². The number of nitrogens with zero attached hydrogens (tertiary/aromatic N) is 2. The van der Waals surface area contributed by atoms with Gasteiger partial charge in [0.25, 0.3) is 0 Å². The van der Waals surface area contributed by atoms with Crippen LogP contribution in [0.2, 0.25) is 0 Å². The number of sulfonamides is 1. The van der Waals surface area contributed by atoms with Crippen LogP contribution in [0.3, 0.4) is 0 Å². The van der Waals surface area contributed by atoms with Crippen molar-refractivity contribution in [1.82, 2.24) is 9.62 Å². The second-order valence-electron chi connectivity index (χ2n) is 7.45. The van der Waals surface area contributed by atoms with Crippen LogP contribution in [0.15, 0.2) is 53.1 Å². The predicted molar refractivity (Wildman–Crippen MR) is 106 cm³/mol. The van der Waals surface area contributed by atoms with E-state index in [1.807, 2.05) is 6.07 Å². The fourth-order valence-electron chi connectivity index (χ4n) is 4.11. The lowest BCUT2D eigenvalue weighted by Crippen LogP contribution is -2.30. The molecule has 0 radical (unpaired) electrons. The fourth-order valence-corrected chi connectivity index (χ4v) is 5.20. The van der Waals surface area contributed by atoms with Gasteiger partial charge in [0, 0.05) is 26.3 Å². The minimum Gasteiger partial charge on any atom is -0.376 e. The van der Waals surface area contributed by atoms with Gasteiger partial charge in [-0.3, -0.25) is 0 Å². The molecule has 1 N–H and O–H groups in total. The highest BCUT2D eigenvalue weighted by Crippen LogP contribution is 2.38. The van der Waals surface area contributed by atoms with Crippen LogP contribution < -0.4 is 4.72 Å². The summed E-state index contributed by atoms with van der Waals surface area (Å²) in [5, 5.41) is 8.97. The van der Waals surface area contributed by atoms with E-state index in [1.54, 1.807) is 12.1 Å². The van der Waals surface area contributed by atoms with Crippen molar-refractivity contribution in [2.24, 2.45) is 11.8 Å². The van der Waals surface area contributed by atoms with Gasteiger partial charge in [-0.05, 0) is 54.9 Å². The lowest BCUT2D eigenvalue weighted by Gasteiger charge is -2.34. The number of rotatable bonds is 6. The zero-order chi connectivity index (χ0) is 19.3. The van der Waals surface area contributed by atoms with Crippen LogP contribution in [0.25, 0.3) is 0 Å². The van der Waals surface area contributed by atoms with Gasteiger partial charge in [-0.25, -0.2) is 13.1 Å². The van der Waals surface area contributed by atoms with E-state index in [0.29, 0.717) is 23.9 Å². The molecule has 5 nitrogen and oxygen atoms in total. The van der Waals surface area contributed by atoms with E-state index in [0.717, 1.165) is 19.4 Å². The summed E-state index contributed by atoms with van der Waals surface area (Å²) in [5.41, 5.74) is 1.73. The Morgan fingerprint density at radius 1 is 1.30 bits per heavy atom. The molecule has 0 bridgehead atoms. The highest BCUT2D eigenvalue weighted by Gasteiger charge is 2.28. The number of nitriles is 1. The Hall–Kier alpha value is -2.10. The van der Waals surface area contributed by atoms with Crippen LogP contribution in [0, 0.1) is 23.2 Å². The van der Waals surface area contributed by atoms with Gasteiger partial charge < -0.3 is 4.90 Å². The molecule has 3 rings (SSSR count). The minimum atomic E-state index is -3.58. The number of benzene rings is 1. The molecular formula is C21H27N3O2S. The van der Waals surface area contributed by atoms with Crippen LogP contribution in [-0.2, 0) is 10.0 Å². The number of allylic oxidation sites excluding steroid dienone is 2. The molecule has 0 amide bonds. The van der Waals surface area contributed by atoms with Gasteiger partial charge in [-0.1, -0.05) is 31.1 Å². The highest BCUT2D eigenvalue weighted by molar-refractivity contribution is 7.89. The van der Waals surface area contributed by atoms with Gasteiger partial charge in [-0.2, -0.15) is 5.26 Å². The summed E-state index contributed by atoms with van der Waals surface area (Å²) in [6.07, 6.45) is 12.3. The van der Waals surface area contributed by atoms with Gasteiger partial charge in [0.1, 0.15) is 0 Å². The summed E-state index contributed by atoms with van der Waals surface area (Å²) in [7, 11) is -1.49. The van der Waals surface area contributed by atoms with Crippen molar-refractivity contribution in [3.05, 3.63) is 53.8 Å². The van der Waals surface area contributed by atoms with E-state index in [9.17, 15) is 8.42 Å². The Bertz CT molecular complexity index is 868. The first kappa shape index (κ1) is 19.7. The Morgan fingerprint density at radius 2 is 2.11 bits per heavy atom. The van der Waals surface area contributed by atoms with Crippen molar-refractivity contribution in [3.63, 3.8) is 0 Å². The summed E-state index contributed by atoms with van der Waals surface area (Å²) in [5.74, 6) is 0.999. The Balaban J connectivity index is 1.62. The maximum Gasteiger partial charge on any atom is 0.240 e. The summed E-state index contributed by atoms with van der Waals surface area (Å²) in [4.78, 5) is 2.35. The monoisotopic (exact) mass is 385 g/mol. The molecule has 1 aliphatic heterocycles. The van der Waals surface area contributed by atoms with Crippen molar-refractivity contribution in [1.29, 1.82) is 5.26 Å². The third kappa shape index (κ3) is 5.00. The van der Waals surface area contributed by atoms with Crippen LogP contribution in [0.5, 0.6) is 0 Å². The predicted octanol–water partition coefficient (Wildman–Crippen LogP) is 3.42. The molecule has 1 aliphatic carbocycles. The Labute approximate surface area is 162 Å². The Kier molecular flexibility index (Phi) is 6.35. The largest absolute Gasteiger partial charge is 0.376 e. The van der Waals surface area contributed by atoms with Crippen LogP contribution in [0.1, 0.15) is 37.7 Å². The third-order valence-electron chi connectivity index (χ3n) is 5.49. The maximum absolute atomic E-state index is 12.5. The summed E-state index contributed by atoms with van der Waals surface area (Å²) >= 11 is 0. The average molecular weight is 386 g/mol. The molecule has 1 aromatic rings. The Morgan fingerprint density at radius 3 is 2.89 bits per heavy atom. The molecule has 1 fully saturated rings.